The molecule has 0 radical (unpaired) electrons. The maximum Gasteiger partial charge on any atom is 0.190 e. The number of aromatic nitrogens is 2. The Hall–Kier alpha value is -2.37. The topological polar surface area (TPSA) is 46.1 Å². The highest BCUT2D eigenvalue weighted by atomic mass is 35.5. The van der Waals surface area contributed by atoms with Crippen LogP contribution in [0.2, 0.25) is 5.15 Å². The molecule has 1 saturated heterocycles. The van der Waals surface area contributed by atoms with E-state index in [1.807, 2.05) is 54.8 Å². The summed E-state index contributed by atoms with van der Waals surface area (Å²) in [5.74, 6) is 1.07. The number of Topliss-reactive ketones (excluding diaryl/α,β-unsaturated/α-hetero) is 1. The van der Waals surface area contributed by atoms with Gasteiger partial charge in [-0.25, -0.2) is 9.97 Å². The van der Waals surface area contributed by atoms with E-state index in [0.29, 0.717) is 10.3 Å². The first-order valence-corrected chi connectivity index (χ1v) is 11.6. The molecule has 154 valence electrons. The van der Waals surface area contributed by atoms with Crippen molar-refractivity contribution in [1.82, 2.24) is 9.97 Å². The smallest absolute Gasteiger partial charge is 0.190 e. The van der Waals surface area contributed by atoms with Gasteiger partial charge in [-0.15, -0.1) is 0 Å². The third-order valence-corrected chi connectivity index (χ3v) is 6.81. The first-order chi connectivity index (χ1) is 14.5. The van der Waals surface area contributed by atoms with Gasteiger partial charge in [-0.1, -0.05) is 84.0 Å². The van der Waals surface area contributed by atoms with Gasteiger partial charge < -0.3 is 4.90 Å². The van der Waals surface area contributed by atoms with Gasteiger partial charge in [0, 0.05) is 13.1 Å². The summed E-state index contributed by atoms with van der Waals surface area (Å²) in [6.45, 7) is 3.18. The van der Waals surface area contributed by atoms with Gasteiger partial charge in [0.05, 0.1) is 11.0 Å². The number of hydrogen-bond acceptors (Lipinski definition) is 5. The zero-order valence-corrected chi connectivity index (χ0v) is 18.7. The number of ketones is 1. The second-order valence-corrected chi connectivity index (χ2v) is 8.69. The number of carbonyl (C=O) groups excluding carboxylic acids is 1. The van der Waals surface area contributed by atoms with Crippen molar-refractivity contribution in [3.8, 4) is 11.1 Å². The molecular formula is C24H24ClN3OS. The molecule has 3 aromatic rings. The number of piperidine rings is 1. The van der Waals surface area contributed by atoms with Crippen LogP contribution in [-0.2, 0) is 10.2 Å². The highest BCUT2D eigenvalue weighted by Crippen LogP contribution is 2.41. The van der Waals surface area contributed by atoms with Crippen molar-refractivity contribution in [2.24, 2.45) is 0 Å². The van der Waals surface area contributed by atoms with E-state index in [1.54, 1.807) is 6.92 Å². The first-order valence-electron chi connectivity index (χ1n) is 10.0. The van der Waals surface area contributed by atoms with Crippen molar-refractivity contribution < 1.29 is 4.79 Å². The molecule has 0 bridgehead atoms. The van der Waals surface area contributed by atoms with Crippen LogP contribution in [-0.4, -0.2) is 35.1 Å². The molecule has 4 nitrogen and oxygen atoms in total. The Morgan fingerprint density at radius 3 is 2.17 bits per heavy atom. The minimum absolute atomic E-state index is 0.224. The predicted molar refractivity (Wildman–Crippen MR) is 125 cm³/mol. The van der Waals surface area contributed by atoms with E-state index in [9.17, 15) is 4.79 Å². The van der Waals surface area contributed by atoms with Gasteiger partial charge in [0.2, 0.25) is 0 Å². The lowest BCUT2D eigenvalue weighted by Crippen LogP contribution is -2.47. The Bertz CT molecular complexity index is 1040. The lowest BCUT2D eigenvalue weighted by molar-refractivity contribution is -0.123. The number of benzene rings is 2. The molecule has 1 aliphatic heterocycles. The van der Waals surface area contributed by atoms with Crippen LogP contribution in [0.15, 0.2) is 65.8 Å². The van der Waals surface area contributed by atoms with E-state index in [1.165, 1.54) is 11.8 Å². The van der Waals surface area contributed by atoms with Gasteiger partial charge in [0.1, 0.15) is 16.8 Å². The Balaban J connectivity index is 1.71. The molecule has 30 heavy (non-hydrogen) atoms. The second kappa shape index (κ2) is 8.78. The third kappa shape index (κ3) is 3.84. The highest BCUT2D eigenvalue weighted by molar-refractivity contribution is 7.98. The molecule has 2 aromatic carbocycles. The Labute approximate surface area is 186 Å². The van der Waals surface area contributed by atoms with Crippen molar-refractivity contribution in [2.75, 3.05) is 24.2 Å². The zero-order valence-electron chi connectivity index (χ0n) is 17.1. The maximum atomic E-state index is 12.7. The third-order valence-electron chi connectivity index (χ3n) is 5.99. The van der Waals surface area contributed by atoms with Gasteiger partial charge in [-0.3, -0.25) is 4.79 Å². The molecule has 1 aromatic heterocycles. The Kier molecular flexibility index (Phi) is 6.11. The number of thioether (sulfide) groups is 1. The summed E-state index contributed by atoms with van der Waals surface area (Å²) in [5.41, 5.74) is 2.51. The number of rotatable bonds is 5. The Morgan fingerprint density at radius 1 is 1.00 bits per heavy atom. The molecule has 0 N–H and O–H groups in total. The van der Waals surface area contributed by atoms with Crippen molar-refractivity contribution in [2.45, 2.75) is 30.3 Å². The number of carbonyl (C=O) groups is 1. The average molecular weight is 438 g/mol. The lowest BCUT2D eigenvalue weighted by Gasteiger charge is -2.41. The lowest BCUT2D eigenvalue weighted by atomic mass is 9.70. The molecule has 6 heteroatoms. The summed E-state index contributed by atoms with van der Waals surface area (Å²) < 4.78 is 0. The summed E-state index contributed by atoms with van der Waals surface area (Å²) in [6, 6.07) is 20.2. The first kappa shape index (κ1) is 20.9. The molecule has 4 rings (SSSR count). The van der Waals surface area contributed by atoms with Crippen LogP contribution >= 0.6 is 23.4 Å². The van der Waals surface area contributed by atoms with Crippen LogP contribution < -0.4 is 4.90 Å². The van der Waals surface area contributed by atoms with Crippen LogP contribution in [0, 0.1) is 0 Å². The monoisotopic (exact) mass is 437 g/mol. The van der Waals surface area contributed by atoms with Crippen LogP contribution in [0.5, 0.6) is 0 Å². The molecule has 0 aliphatic carbocycles. The van der Waals surface area contributed by atoms with Crippen molar-refractivity contribution >= 4 is 35.0 Å². The van der Waals surface area contributed by atoms with Crippen LogP contribution in [0.1, 0.15) is 25.3 Å². The standard InChI is InChI=1S/C24H24ClN3OS/c1-17(29)24(19-11-7-4-8-12-19)13-15-28(16-14-24)22-20(18-9-5-3-6-10-18)21(25)26-23(27-22)30-2/h3-12H,13-16H2,1-2H3. The Morgan fingerprint density at radius 2 is 1.60 bits per heavy atom. The molecule has 0 unspecified atom stereocenters. The van der Waals surface area contributed by atoms with Crippen LogP contribution in [0.25, 0.3) is 11.1 Å². The number of halogens is 1. The second-order valence-electron chi connectivity index (χ2n) is 7.56. The molecule has 2 heterocycles. The van der Waals surface area contributed by atoms with E-state index >= 15 is 0 Å². The molecule has 1 fully saturated rings. The molecule has 0 saturated carbocycles. The minimum atomic E-state index is -0.441. The van der Waals surface area contributed by atoms with Gasteiger partial charge in [0.15, 0.2) is 5.16 Å². The summed E-state index contributed by atoms with van der Waals surface area (Å²) >= 11 is 8.10. The van der Waals surface area contributed by atoms with Crippen LogP contribution in [0.3, 0.4) is 0 Å². The number of nitrogens with zero attached hydrogens (tertiary/aromatic N) is 3. The van der Waals surface area contributed by atoms with E-state index in [-0.39, 0.29) is 5.78 Å². The minimum Gasteiger partial charge on any atom is -0.356 e. The largest absolute Gasteiger partial charge is 0.356 e. The molecule has 0 spiro atoms. The van der Waals surface area contributed by atoms with E-state index in [0.717, 1.165) is 48.4 Å². The molecule has 1 aliphatic rings. The molecule has 0 amide bonds. The fourth-order valence-electron chi connectivity index (χ4n) is 4.28. The highest BCUT2D eigenvalue weighted by Gasteiger charge is 2.41. The van der Waals surface area contributed by atoms with Gasteiger partial charge in [-0.05, 0) is 37.1 Å². The molecular weight excluding hydrogens is 414 g/mol. The normalized spacial score (nSPS) is 15.8. The fourth-order valence-corrected chi connectivity index (χ4v) is 4.96. The van der Waals surface area contributed by atoms with Gasteiger partial charge >= 0.3 is 0 Å². The maximum absolute atomic E-state index is 12.7. The summed E-state index contributed by atoms with van der Waals surface area (Å²) in [6.07, 6.45) is 3.44. The van der Waals surface area contributed by atoms with E-state index in [4.69, 9.17) is 16.6 Å². The van der Waals surface area contributed by atoms with Crippen molar-refractivity contribution in [1.29, 1.82) is 0 Å². The molecule has 0 atom stereocenters. The quantitative estimate of drug-likeness (QED) is 0.293. The van der Waals surface area contributed by atoms with E-state index < -0.39 is 5.41 Å². The zero-order chi connectivity index (χ0) is 21.1. The summed E-state index contributed by atoms with van der Waals surface area (Å²) in [5, 5.41) is 1.11. The number of hydrogen-bond donors (Lipinski definition) is 0. The fraction of sp³-hybridized carbons (Fsp3) is 0.292. The SMILES string of the molecule is CSc1nc(Cl)c(-c2ccccc2)c(N2CCC(C(C)=O)(c3ccccc3)CC2)n1. The van der Waals surface area contributed by atoms with E-state index in [2.05, 4.69) is 22.0 Å². The average Bonchev–Trinajstić information content (AvgIpc) is 2.79. The number of anilines is 1. The summed E-state index contributed by atoms with van der Waals surface area (Å²) in [7, 11) is 0. The van der Waals surface area contributed by atoms with Gasteiger partial charge in [0.25, 0.3) is 0 Å². The predicted octanol–water partition coefficient (Wildman–Crippen LogP) is 5.65. The van der Waals surface area contributed by atoms with Crippen LogP contribution in [0.4, 0.5) is 5.82 Å². The van der Waals surface area contributed by atoms with Crippen molar-refractivity contribution in [3.63, 3.8) is 0 Å². The van der Waals surface area contributed by atoms with Crippen molar-refractivity contribution in [3.05, 3.63) is 71.4 Å². The van der Waals surface area contributed by atoms with Gasteiger partial charge in [-0.2, -0.15) is 0 Å². The summed E-state index contributed by atoms with van der Waals surface area (Å²) in [4.78, 5) is 24.3.